The van der Waals surface area contributed by atoms with Gasteiger partial charge in [-0.25, -0.2) is 8.78 Å². The molecule has 9 nitrogen and oxygen atoms in total. The SMILES string of the molecule is C#Cc1c(F)ccc2cc(O)cc(-c3c(F)c4nc(OCC5(CN(C)C)CC5)nc(N5CC6CCC(C5)N6)c4c(=O)n3C)c12. The van der Waals surface area contributed by atoms with Gasteiger partial charge < -0.3 is 29.5 Å². The first kappa shape index (κ1) is 28.5. The minimum absolute atomic E-state index is 0.00219. The second kappa shape index (κ2) is 10.4. The van der Waals surface area contributed by atoms with Crippen LogP contribution in [0.25, 0.3) is 32.9 Å². The fraction of sp³-hybridized carbons (Fsp3) is 0.424. The normalized spacial score (nSPS) is 20.4. The van der Waals surface area contributed by atoms with Gasteiger partial charge in [0.1, 0.15) is 28.3 Å². The number of hydrogen-bond donors (Lipinski definition) is 2. The molecule has 2 aromatic carbocycles. The molecule has 2 bridgehead atoms. The van der Waals surface area contributed by atoms with Crippen LogP contribution in [0.2, 0.25) is 0 Å². The molecule has 2 N–H and O–H groups in total. The highest BCUT2D eigenvalue weighted by Gasteiger charge is 2.44. The van der Waals surface area contributed by atoms with Crippen LogP contribution in [0.5, 0.6) is 11.8 Å². The Morgan fingerprint density at radius 3 is 2.55 bits per heavy atom. The Morgan fingerprint density at radius 2 is 1.89 bits per heavy atom. The number of hydrogen-bond acceptors (Lipinski definition) is 8. The third kappa shape index (κ3) is 4.73. The van der Waals surface area contributed by atoms with Crippen molar-refractivity contribution in [2.45, 2.75) is 37.8 Å². The largest absolute Gasteiger partial charge is 0.508 e. The van der Waals surface area contributed by atoms with E-state index >= 15 is 4.39 Å². The summed E-state index contributed by atoms with van der Waals surface area (Å²) in [5.74, 6) is 1.02. The van der Waals surface area contributed by atoms with E-state index in [1.807, 2.05) is 19.0 Å². The van der Waals surface area contributed by atoms with Crippen molar-refractivity contribution in [2.75, 3.05) is 45.2 Å². The maximum absolute atomic E-state index is 17.0. The van der Waals surface area contributed by atoms with Gasteiger partial charge in [0.25, 0.3) is 5.56 Å². The molecule has 3 aliphatic rings. The predicted octanol–water partition coefficient (Wildman–Crippen LogP) is 3.78. The van der Waals surface area contributed by atoms with Crippen LogP contribution in [0.1, 0.15) is 31.2 Å². The summed E-state index contributed by atoms with van der Waals surface area (Å²) in [6, 6.07) is 5.84. The van der Waals surface area contributed by atoms with E-state index in [-0.39, 0.29) is 62.4 Å². The number of rotatable bonds is 7. The average Bonchev–Trinajstić information content (AvgIpc) is 3.67. The van der Waals surface area contributed by atoms with Crippen LogP contribution in [0.4, 0.5) is 14.6 Å². The van der Waals surface area contributed by atoms with E-state index in [9.17, 15) is 14.3 Å². The van der Waals surface area contributed by atoms with E-state index in [4.69, 9.17) is 16.1 Å². The smallest absolute Gasteiger partial charge is 0.319 e. The summed E-state index contributed by atoms with van der Waals surface area (Å²) in [4.78, 5) is 27.5. The lowest BCUT2D eigenvalue weighted by Gasteiger charge is -2.34. The topological polar surface area (TPSA) is 95.8 Å². The number of fused-ring (bicyclic) bond motifs is 4. The first-order valence-corrected chi connectivity index (χ1v) is 14.9. The van der Waals surface area contributed by atoms with Crippen molar-refractivity contribution in [1.82, 2.24) is 24.8 Å². The van der Waals surface area contributed by atoms with Crippen molar-refractivity contribution in [2.24, 2.45) is 12.5 Å². The number of nitrogens with zero attached hydrogens (tertiary/aromatic N) is 5. The van der Waals surface area contributed by atoms with Gasteiger partial charge in [-0.2, -0.15) is 9.97 Å². The van der Waals surface area contributed by atoms with Gasteiger partial charge in [0.15, 0.2) is 5.82 Å². The molecule has 1 saturated carbocycles. The zero-order valence-corrected chi connectivity index (χ0v) is 25.0. The van der Waals surface area contributed by atoms with Gasteiger partial charge in [-0.3, -0.25) is 4.79 Å². The lowest BCUT2D eigenvalue weighted by atomic mass is 9.95. The van der Waals surface area contributed by atoms with Crippen molar-refractivity contribution in [1.29, 1.82) is 0 Å². The Labute approximate surface area is 253 Å². The Balaban J connectivity index is 1.45. The van der Waals surface area contributed by atoms with Gasteiger partial charge in [-0.05, 0) is 63.4 Å². The summed E-state index contributed by atoms with van der Waals surface area (Å²) in [7, 11) is 5.47. The first-order valence-electron chi connectivity index (χ1n) is 14.9. The predicted molar refractivity (Wildman–Crippen MR) is 165 cm³/mol. The monoisotopic (exact) mass is 600 g/mol. The van der Waals surface area contributed by atoms with Crippen LogP contribution >= 0.6 is 0 Å². The van der Waals surface area contributed by atoms with E-state index in [0.29, 0.717) is 30.9 Å². The van der Waals surface area contributed by atoms with E-state index in [2.05, 4.69) is 21.1 Å². The standard InChI is InChI=1S/C33H34F2N6O3/c1-5-22-24(34)9-6-18-12-21(42)13-23(25(18)22)29-27(35)28-26(31(43)40(29)4)30(41-14-19-7-8-20(15-41)36-19)38-32(37-28)44-17-33(10-11-33)16-39(2)3/h1,6,9,12-13,19-20,36,42H,7-8,10-11,14-17H2,2-4H3. The molecule has 1 aliphatic carbocycles. The summed E-state index contributed by atoms with van der Waals surface area (Å²) in [6.07, 6.45) is 9.71. The Kier molecular flexibility index (Phi) is 6.75. The van der Waals surface area contributed by atoms with Crippen molar-refractivity contribution in [3.63, 3.8) is 0 Å². The third-order valence-electron chi connectivity index (χ3n) is 9.22. The summed E-state index contributed by atoms with van der Waals surface area (Å²) in [6.45, 7) is 2.43. The van der Waals surface area contributed by atoms with Crippen molar-refractivity contribution < 1.29 is 18.6 Å². The minimum Gasteiger partial charge on any atom is -0.508 e. The van der Waals surface area contributed by atoms with Crippen LogP contribution in [-0.4, -0.2) is 77.0 Å². The maximum Gasteiger partial charge on any atom is 0.319 e. The quantitative estimate of drug-likeness (QED) is 0.310. The number of phenols is 1. The first-order chi connectivity index (χ1) is 21.1. The molecule has 2 aliphatic heterocycles. The van der Waals surface area contributed by atoms with E-state index < -0.39 is 17.2 Å². The zero-order chi connectivity index (χ0) is 30.9. The highest BCUT2D eigenvalue weighted by molar-refractivity contribution is 6.03. The number of nitrogens with one attached hydrogen (secondary N) is 1. The molecule has 0 radical (unpaired) electrons. The number of terminal acetylenes is 1. The number of pyridine rings is 1. The molecular formula is C33H34F2N6O3. The van der Waals surface area contributed by atoms with Gasteiger partial charge in [-0.15, -0.1) is 6.42 Å². The van der Waals surface area contributed by atoms with Gasteiger partial charge in [0, 0.05) is 55.1 Å². The Bertz CT molecular complexity index is 1920. The average molecular weight is 601 g/mol. The van der Waals surface area contributed by atoms with Crippen LogP contribution in [0.15, 0.2) is 29.1 Å². The molecular weight excluding hydrogens is 566 g/mol. The third-order valence-corrected chi connectivity index (χ3v) is 9.22. The Hall–Kier alpha value is -4.27. The van der Waals surface area contributed by atoms with Gasteiger partial charge >= 0.3 is 6.01 Å². The number of anilines is 1. The number of halogens is 2. The molecule has 228 valence electrons. The maximum atomic E-state index is 17.0. The summed E-state index contributed by atoms with van der Waals surface area (Å²) in [5.41, 5.74) is -0.927. The number of aromatic hydroxyl groups is 1. The van der Waals surface area contributed by atoms with E-state index in [0.717, 1.165) is 36.8 Å². The molecule has 11 heteroatoms. The molecule has 2 saturated heterocycles. The van der Waals surface area contributed by atoms with Gasteiger partial charge in [0.2, 0.25) is 0 Å². The molecule has 4 aromatic rings. The number of benzene rings is 2. The molecule has 0 amide bonds. The highest BCUT2D eigenvalue weighted by Crippen LogP contribution is 2.46. The van der Waals surface area contributed by atoms with Gasteiger partial charge in [0.05, 0.1) is 17.9 Å². The molecule has 2 unspecified atom stereocenters. The fourth-order valence-electron chi connectivity index (χ4n) is 7.04. The second-order valence-electron chi connectivity index (χ2n) is 12.8. The second-order valence-corrected chi connectivity index (χ2v) is 12.8. The molecule has 2 atom stereocenters. The van der Waals surface area contributed by atoms with E-state index in [1.165, 1.54) is 31.3 Å². The number of phenolic OH excluding ortho intramolecular Hbond substituents is 1. The summed E-state index contributed by atoms with van der Waals surface area (Å²) in [5, 5.41) is 14.8. The number of aromatic nitrogens is 3. The van der Waals surface area contributed by atoms with E-state index in [1.54, 1.807) is 0 Å². The van der Waals surface area contributed by atoms with Crippen molar-refractivity contribution in [3.05, 3.63) is 51.8 Å². The molecule has 4 heterocycles. The highest BCUT2D eigenvalue weighted by atomic mass is 19.1. The van der Waals surface area contributed by atoms with Crippen molar-refractivity contribution >= 4 is 27.5 Å². The van der Waals surface area contributed by atoms with Crippen LogP contribution < -0.4 is 20.5 Å². The minimum atomic E-state index is -0.817. The lowest BCUT2D eigenvalue weighted by Crippen LogP contribution is -2.51. The van der Waals surface area contributed by atoms with Gasteiger partial charge in [-0.1, -0.05) is 12.0 Å². The van der Waals surface area contributed by atoms with Crippen LogP contribution in [0.3, 0.4) is 0 Å². The fourth-order valence-corrected chi connectivity index (χ4v) is 7.04. The Morgan fingerprint density at radius 1 is 1.16 bits per heavy atom. The number of ether oxygens (including phenoxy) is 1. The molecule has 0 spiro atoms. The van der Waals surface area contributed by atoms with Crippen molar-refractivity contribution in [3.8, 4) is 35.4 Å². The summed E-state index contributed by atoms with van der Waals surface area (Å²) < 4.78 is 39.2. The van der Waals surface area contributed by atoms with Crippen LogP contribution in [-0.2, 0) is 7.05 Å². The summed E-state index contributed by atoms with van der Waals surface area (Å²) >= 11 is 0. The number of piperazine rings is 1. The zero-order valence-electron chi connectivity index (χ0n) is 25.0. The molecule has 7 rings (SSSR count). The lowest BCUT2D eigenvalue weighted by molar-refractivity contribution is 0.183. The van der Waals surface area contributed by atoms with Crippen LogP contribution in [0, 0.1) is 29.4 Å². The molecule has 3 fully saturated rings. The molecule has 2 aromatic heterocycles. The molecule has 44 heavy (non-hydrogen) atoms.